The highest BCUT2D eigenvalue weighted by Crippen LogP contribution is 2.18. The van der Waals surface area contributed by atoms with E-state index < -0.39 is 0 Å². The number of rotatable bonds is 1. The molecule has 6 nitrogen and oxygen atoms in total. The van der Waals surface area contributed by atoms with Crippen molar-refractivity contribution < 1.29 is 9.53 Å². The second-order valence-electron chi connectivity index (χ2n) is 5.80. The minimum atomic E-state index is -0.0236. The van der Waals surface area contributed by atoms with Crippen molar-refractivity contribution >= 4 is 11.6 Å². The third-order valence-electron chi connectivity index (χ3n) is 3.72. The van der Waals surface area contributed by atoms with E-state index in [4.69, 9.17) is 4.74 Å². The van der Waals surface area contributed by atoms with E-state index in [2.05, 4.69) is 10.1 Å². The zero-order chi connectivity index (χ0) is 15.1. The lowest BCUT2D eigenvalue weighted by Crippen LogP contribution is -2.48. The van der Waals surface area contributed by atoms with Crippen LogP contribution in [0.4, 0.5) is 0 Å². The summed E-state index contributed by atoms with van der Waals surface area (Å²) < 4.78 is 7.40. The van der Waals surface area contributed by atoms with E-state index in [1.807, 2.05) is 38.7 Å². The van der Waals surface area contributed by atoms with Crippen molar-refractivity contribution in [1.29, 1.82) is 0 Å². The fourth-order valence-electron chi connectivity index (χ4n) is 2.94. The molecule has 3 heterocycles. The fraction of sp³-hybridized carbons (Fsp3) is 0.533. The normalized spacial score (nSPS) is 22.8. The molecule has 2 aromatic heterocycles. The predicted molar refractivity (Wildman–Crippen MR) is 78.4 cm³/mol. The van der Waals surface area contributed by atoms with Gasteiger partial charge in [-0.25, -0.2) is 9.50 Å². The number of hydrogen-bond donors (Lipinski definition) is 0. The summed E-state index contributed by atoms with van der Waals surface area (Å²) in [5, 5.41) is 4.29. The van der Waals surface area contributed by atoms with Crippen molar-refractivity contribution in [3.05, 3.63) is 29.2 Å². The van der Waals surface area contributed by atoms with Gasteiger partial charge in [0.05, 0.1) is 18.4 Å². The van der Waals surface area contributed by atoms with Crippen molar-refractivity contribution in [2.45, 2.75) is 39.9 Å². The maximum absolute atomic E-state index is 12.8. The van der Waals surface area contributed by atoms with Crippen molar-refractivity contribution in [3.8, 4) is 0 Å². The maximum Gasteiger partial charge on any atom is 0.259 e. The summed E-state index contributed by atoms with van der Waals surface area (Å²) in [4.78, 5) is 19.1. The first kappa shape index (κ1) is 14.0. The zero-order valence-corrected chi connectivity index (χ0v) is 12.8. The number of nitrogens with zero attached hydrogens (tertiary/aromatic N) is 4. The summed E-state index contributed by atoms with van der Waals surface area (Å²) in [6, 6.07) is 1.95. The number of fused-ring (bicyclic) bond motifs is 1. The van der Waals surface area contributed by atoms with Crippen LogP contribution in [0.5, 0.6) is 0 Å². The molecule has 0 spiro atoms. The number of amides is 1. The van der Waals surface area contributed by atoms with Crippen LogP contribution >= 0.6 is 0 Å². The molecule has 1 saturated heterocycles. The molecule has 2 aromatic rings. The molecule has 1 amide bonds. The molecule has 3 rings (SSSR count). The van der Waals surface area contributed by atoms with Crippen molar-refractivity contribution in [2.75, 3.05) is 13.1 Å². The van der Waals surface area contributed by atoms with Gasteiger partial charge in [0.2, 0.25) is 0 Å². The third-order valence-corrected chi connectivity index (χ3v) is 3.72. The van der Waals surface area contributed by atoms with Gasteiger partial charge < -0.3 is 9.64 Å². The van der Waals surface area contributed by atoms with Gasteiger partial charge in [-0.2, -0.15) is 5.10 Å². The summed E-state index contributed by atoms with van der Waals surface area (Å²) >= 11 is 0. The highest BCUT2D eigenvalue weighted by molar-refractivity contribution is 5.99. The van der Waals surface area contributed by atoms with Crippen LogP contribution in [-0.2, 0) is 4.74 Å². The van der Waals surface area contributed by atoms with E-state index in [0.717, 1.165) is 11.4 Å². The Hall–Kier alpha value is -1.95. The van der Waals surface area contributed by atoms with E-state index in [9.17, 15) is 4.79 Å². The van der Waals surface area contributed by atoms with Crippen LogP contribution in [0.1, 0.15) is 35.6 Å². The fourth-order valence-corrected chi connectivity index (χ4v) is 2.94. The van der Waals surface area contributed by atoms with E-state index in [1.54, 1.807) is 10.7 Å². The van der Waals surface area contributed by atoms with E-state index >= 15 is 0 Å². The number of carbonyl (C=O) groups is 1. The molecule has 0 aromatic carbocycles. The van der Waals surface area contributed by atoms with Gasteiger partial charge in [-0.1, -0.05) is 0 Å². The van der Waals surface area contributed by atoms with Crippen LogP contribution in [0.2, 0.25) is 0 Å². The molecule has 0 radical (unpaired) electrons. The number of ether oxygens (including phenoxy) is 1. The topological polar surface area (TPSA) is 59.7 Å². The average molecular weight is 288 g/mol. The molecule has 2 unspecified atom stereocenters. The first-order valence-electron chi connectivity index (χ1n) is 7.22. The van der Waals surface area contributed by atoms with Crippen molar-refractivity contribution in [3.63, 3.8) is 0 Å². The number of aromatic nitrogens is 3. The van der Waals surface area contributed by atoms with Gasteiger partial charge in [0.25, 0.3) is 5.91 Å². The summed E-state index contributed by atoms with van der Waals surface area (Å²) in [6.07, 6.45) is 1.72. The third kappa shape index (κ3) is 2.51. The van der Waals surface area contributed by atoms with Gasteiger partial charge in [0, 0.05) is 24.5 Å². The lowest BCUT2D eigenvalue weighted by Gasteiger charge is -2.35. The lowest BCUT2D eigenvalue weighted by atomic mass is 10.2. The van der Waals surface area contributed by atoms with Crippen LogP contribution in [0.25, 0.3) is 5.65 Å². The zero-order valence-electron chi connectivity index (χ0n) is 12.8. The largest absolute Gasteiger partial charge is 0.372 e. The Labute approximate surface area is 123 Å². The minimum Gasteiger partial charge on any atom is -0.372 e. The second kappa shape index (κ2) is 5.11. The lowest BCUT2D eigenvalue weighted by molar-refractivity contribution is -0.0585. The number of aryl methyl sites for hydroxylation is 2. The summed E-state index contributed by atoms with van der Waals surface area (Å²) in [6.45, 7) is 9.06. The Morgan fingerprint density at radius 2 is 1.95 bits per heavy atom. The molecule has 21 heavy (non-hydrogen) atoms. The van der Waals surface area contributed by atoms with Gasteiger partial charge in [-0.05, 0) is 33.8 Å². The smallest absolute Gasteiger partial charge is 0.259 e. The Kier molecular flexibility index (Phi) is 3.41. The Morgan fingerprint density at radius 3 is 2.62 bits per heavy atom. The van der Waals surface area contributed by atoms with Crippen LogP contribution in [0.3, 0.4) is 0 Å². The quantitative estimate of drug-likeness (QED) is 0.799. The SMILES string of the molecule is Cc1cc(C)n2ncc(C(=O)N3CC(C)OC(C)C3)c2n1. The molecule has 0 bridgehead atoms. The number of morpholine rings is 1. The molecule has 1 fully saturated rings. The van der Waals surface area contributed by atoms with Gasteiger partial charge in [-0.15, -0.1) is 0 Å². The number of hydrogen-bond acceptors (Lipinski definition) is 4. The van der Waals surface area contributed by atoms with E-state index in [0.29, 0.717) is 24.3 Å². The molecular formula is C15H20N4O2. The van der Waals surface area contributed by atoms with E-state index in [1.165, 1.54) is 0 Å². The Bertz CT molecular complexity index is 684. The molecule has 112 valence electrons. The van der Waals surface area contributed by atoms with Gasteiger partial charge >= 0.3 is 0 Å². The summed E-state index contributed by atoms with van der Waals surface area (Å²) in [5.74, 6) is -0.0236. The molecule has 2 atom stereocenters. The average Bonchev–Trinajstić information content (AvgIpc) is 2.80. The monoisotopic (exact) mass is 288 g/mol. The van der Waals surface area contributed by atoms with Gasteiger partial charge in [0.15, 0.2) is 5.65 Å². The Balaban J connectivity index is 1.98. The summed E-state index contributed by atoms with van der Waals surface area (Å²) in [7, 11) is 0. The molecule has 0 saturated carbocycles. The minimum absolute atomic E-state index is 0.0236. The van der Waals surface area contributed by atoms with Crippen LogP contribution in [-0.4, -0.2) is 50.7 Å². The Morgan fingerprint density at radius 1 is 1.29 bits per heavy atom. The predicted octanol–water partition coefficient (Wildman–Crippen LogP) is 1.60. The molecule has 1 aliphatic rings. The molecule has 0 aliphatic carbocycles. The first-order chi connectivity index (χ1) is 9.95. The standard InChI is InChI=1S/C15H20N4O2/c1-9-5-10(2)19-14(17-9)13(6-16-19)15(20)18-7-11(3)21-12(4)8-18/h5-6,11-12H,7-8H2,1-4H3. The summed E-state index contributed by atoms with van der Waals surface area (Å²) in [5.41, 5.74) is 3.05. The van der Waals surface area contributed by atoms with Crippen LogP contribution in [0.15, 0.2) is 12.3 Å². The number of carbonyl (C=O) groups excluding carboxylic acids is 1. The van der Waals surface area contributed by atoms with Crippen LogP contribution in [0, 0.1) is 13.8 Å². The molecule has 1 aliphatic heterocycles. The van der Waals surface area contributed by atoms with Gasteiger partial charge in [0.1, 0.15) is 5.56 Å². The molecular weight excluding hydrogens is 268 g/mol. The van der Waals surface area contributed by atoms with Gasteiger partial charge in [-0.3, -0.25) is 4.79 Å². The highest BCUT2D eigenvalue weighted by atomic mass is 16.5. The van der Waals surface area contributed by atoms with E-state index in [-0.39, 0.29) is 18.1 Å². The van der Waals surface area contributed by atoms with Crippen molar-refractivity contribution in [1.82, 2.24) is 19.5 Å². The first-order valence-corrected chi connectivity index (χ1v) is 7.22. The highest BCUT2D eigenvalue weighted by Gasteiger charge is 2.28. The van der Waals surface area contributed by atoms with Crippen LogP contribution < -0.4 is 0 Å². The molecule has 6 heteroatoms. The van der Waals surface area contributed by atoms with Crippen molar-refractivity contribution in [2.24, 2.45) is 0 Å². The maximum atomic E-state index is 12.8. The second-order valence-corrected chi connectivity index (χ2v) is 5.80. The molecule has 0 N–H and O–H groups in total.